The highest BCUT2D eigenvalue weighted by molar-refractivity contribution is 7.12. The summed E-state index contributed by atoms with van der Waals surface area (Å²) < 4.78 is 7.18. The number of hydrogen-bond acceptors (Lipinski definition) is 4. The summed E-state index contributed by atoms with van der Waals surface area (Å²) in [6, 6.07) is 28.5. The van der Waals surface area contributed by atoms with Crippen LogP contribution in [0.15, 0.2) is 96.5 Å². The van der Waals surface area contributed by atoms with E-state index < -0.39 is 0 Å². The van der Waals surface area contributed by atoms with Crippen LogP contribution < -0.4 is 4.74 Å². The zero-order chi connectivity index (χ0) is 20.3. The topological polar surface area (TPSA) is 39.9 Å². The highest BCUT2D eigenvalue weighted by atomic mass is 32.1. The molecule has 0 bridgehead atoms. The predicted octanol–water partition coefficient (Wildman–Crippen LogP) is 6.34. The van der Waals surface area contributed by atoms with Crippen molar-refractivity contribution in [3.63, 3.8) is 0 Å². The molecular formula is C25H19N3OS. The third-order valence-electron chi connectivity index (χ3n) is 4.92. The Labute approximate surface area is 179 Å². The van der Waals surface area contributed by atoms with Gasteiger partial charge in [0.25, 0.3) is 0 Å². The van der Waals surface area contributed by atoms with Gasteiger partial charge < -0.3 is 4.74 Å². The Bertz CT molecular complexity index is 1260. The second-order valence-corrected chi connectivity index (χ2v) is 7.65. The van der Waals surface area contributed by atoms with Crippen LogP contribution >= 0.6 is 11.3 Å². The maximum atomic E-state index is 5.31. The van der Waals surface area contributed by atoms with E-state index in [2.05, 4.69) is 48.0 Å². The molecule has 0 amide bonds. The molecule has 3 aromatic carbocycles. The molecule has 0 saturated heterocycles. The van der Waals surface area contributed by atoms with Gasteiger partial charge >= 0.3 is 0 Å². The van der Waals surface area contributed by atoms with Crippen LogP contribution in [0.4, 0.5) is 0 Å². The Balaban J connectivity index is 1.60. The van der Waals surface area contributed by atoms with Gasteiger partial charge in [-0.3, -0.25) is 0 Å². The zero-order valence-corrected chi connectivity index (χ0v) is 17.2. The smallest absolute Gasteiger partial charge is 0.210 e. The van der Waals surface area contributed by atoms with E-state index in [1.54, 1.807) is 18.4 Å². The molecule has 0 saturated carbocycles. The van der Waals surface area contributed by atoms with Gasteiger partial charge in [0.15, 0.2) is 0 Å². The molecule has 0 radical (unpaired) electrons. The zero-order valence-electron chi connectivity index (χ0n) is 16.4. The van der Waals surface area contributed by atoms with Gasteiger partial charge in [-0.2, -0.15) is 5.10 Å². The van der Waals surface area contributed by atoms with Crippen molar-refractivity contribution in [2.24, 2.45) is 0 Å². The molecule has 0 aliphatic heterocycles. The second-order valence-electron chi connectivity index (χ2n) is 6.81. The minimum absolute atomic E-state index is 0.833. The number of methoxy groups -OCH3 is 1. The van der Waals surface area contributed by atoms with Gasteiger partial charge in [0.05, 0.1) is 12.8 Å². The van der Waals surface area contributed by atoms with Crippen molar-refractivity contribution >= 4 is 11.3 Å². The summed E-state index contributed by atoms with van der Waals surface area (Å²) in [4.78, 5) is 4.82. The summed E-state index contributed by atoms with van der Waals surface area (Å²) in [5.74, 6) is 0.833. The number of aromatic nitrogens is 3. The molecular weight excluding hydrogens is 390 g/mol. The quantitative estimate of drug-likeness (QED) is 0.340. The van der Waals surface area contributed by atoms with E-state index in [0.29, 0.717) is 0 Å². The third-order valence-corrected chi connectivity index (χ3v) is 5.75. The number of hydrogen-bond donors (Lipinski definition) is 0. The Hall–Kier alpha value is -3.70. The van der Waals surface area contributed by atoms with Gasteiger partial charge in [-0.05, 0) is 17.7 Å². The summed E-state index contributed by atoms with van der Waals surface area (Å²) in [6.45, 7) is 0. The first-order chi connectivity index (χ1) is 14.8. The van der Waals surface area contributed by atoms with Crippen molar-refractivity contribution in [3.8, 4) is 44.5 Å². The molecule has 5 aromatic rings. The molecule has 2 aromatic heterocycles. The summed E-state index contributed by atoms with van der Waals surface area (Å²) >= 11 is 1.59. The van der Waals surface area contributed by atoms with Crippen LogP contribution in [0.25, 0.3) is 38.8 Å². The minimum atomic E-state index is 0.833. The lowest BCUT2D eigenvalue weighted by atomic mass is 10.0. The van der Waals surface area contributed by atoms with Crippen LogP contribution in [-0.2, 0) is 0 Å². The fraction of sp³-hybridized carbons (Fsp3) is 0.0400. The van der Waals surface area contributed by atoms with Crippen LogP contribution in [0.3, 0.4) is 0 Å². The lowest BCUT2D eigenvalue weighted by Gasteiger charge is -2.04. The summed E-state index contributed by atoms with van der Waals surface area (Å²) in [6.07, 6.45) is 2.05. The van der Waals surface area contributed by atoms with Crippen molar-refractivity contribution in [3.05, 3.63) is 96.5 Å². The molecule has 2 heterocycles. The second kappa shape index (κ2) is 7.97. The number of benzene rings is 3. The van der Waals surface area contributed by atoms with E-state index in [1.165, 1.54) is 0 Å². The SMILES string of the molecule is COc1ccc(-c2cn(-c3nc(-c4ccccc4)cs3)nc2-c2ccccc2)cc1. The van der Waals surface area contributed by atoms with Gasteiger partial charge in [0.1, 0.15) is 11.4 Å². The first kappa shape index (κ1) is 18.3. The molecule has 0 N–H and O–H groups in total. The van der Waals surface area contributed by atoms with E-state index in [0.717, 1.165) is 44.5 Å². The monoisotopic (exact) mass is 409 g/mol. The van der Waals surface area contributed by atoms with Crippen LogP contribution in [0.1, 0.15) is 0 Å². The van der Waals surface area contributed by atoms with Crippen LogP contribution in [0, 0.1) is 0 Å². The van der Waals surface area contributed by atoms with Crippen molar-refractivity contribution < 1.29 is 4.74 Å². The fourth-order valence-corrected chi connectivity index (χ4v) is 4.13. The molecule has 0 aliphatic carbocycles. The maximum Gasteiger partial charge on any atom is 0.210 e. The average molecular weight is 410 g/mol. The third kappa shape index (κ3) is 3.51. The number of nitrogens with zero attached hydrogens (tertiary/aromatic N) is 3. The van der Waals surface area contributed by atoms with E-state index in [1.807, 2.05) is 53.2 Å². The Morgan fingerprint density at radius 3 is 2.10 bits per heavy atom. The maximum absolute atomic E-state index is 5.31. The molecule has 0 aliphatic rings. The Kier molecular flexibility index (Phi) is 4.87. The number of thiazole rings is 1. The summed E-state index contributed by atoms with van der Waals surface area (Å²) in [5.41, 5.74) is 6.20. The highest BCUT2D eigenvalue weighted by Crippen LogP contribution is 2.34. The largest absolute Gasteiger partial charge is 0.497 e. The van der Waals surface area contributed by atoms with Crippen LogP contribution in [0.5, 0.6) is 5.75 Å². The molecule has 30 heavy (non-hydrogen) atoms. The number of ether oxygens (including phenoxy) is 1. The van der Waals surface area contributed by atoms with Gasteiger partial charge in [-0.15, -0.1) is 11.3 Å². The number of rotatable bonds is 5. The minimum Gasteiger partial charge on any atom is -0.497 e. The average Bonchev–Trinajstić information content (AvgIpc) is 3.48. The first-order valence-corrected chi connectivity index (χ1v) is 10.5. The van der Waals surface area contributed by atoms with Crippen molar-refractivity contribution in [2.45, 2.75) is 0 Å². The highest BCUT2D eigenvalue weighted by Gasteiger charge is 2.16. The van der Waals surface area contributed by atoms with E-state index in [4.69, 9.17) is 14.8 Å². The Morgan fingerprint density at radius 2 is 1.43 bits per heavy atom. The molecule has 5 heteroatoms. The van der Waals surface area contributed by atoms with Crippen molar-refractivity contribution in [1.82, 2.24) is 14.8 Å². The van der Waals surface area contributed by atoms with Crippen molar-refractivity contribution in [2.75, 3.05) is 7.11 Å². The molecule has 0 fully saturated rings. The molecule has 146 valence electrons. The molecule has 5 rings (SSSR count). The van der Waals surface area contributed by atoms with E-state index >= 15 is 0 Å². The molecule has 0 unspecified atom stereocenters. The summed E-state index contributed by atoms with van der Waals surface area (Å²) in [7, 11) is 1.68. The first-order valence-electron chi connectivity index (χ1n) is 9.62. The van der Waals surface area contributed by atoms with Crippen molar-refractivity contribution in [1.29, 1.82) is 0 Å². The predicted molar refractivity (Wildman–Crippen MR) is 122 cm³/mol. The van der Waals surface area contributed by atoms with E-state index in [-0.39, 0.29) is 0 Å². The lowest BCUT2D eigenvalue weighted by Crippen LogP contribution is -1.94. The van der Waals surface area contributed by atoms with Crippen LogP contribution in [0.2, 0.25) is 0 Å². The molecule has 4 nitrogen and oxygen atoms in total. The Morgan fingerprint density at radius 1 is 0.767 bits per heavy atom. The molecule has 0 atom stereocenters. The van der Waals surface area contributed by atoms with Gasteiger partial charge in [-0.25, -0.2) is 9.67 Å². The lowest BCUT2D eigenvalue weighted by molar-refractivity contribution is 0.415. The normalized spacial score (nSPS) is 10.8. The van der Waals surface area contributed by atoms with Crippen LogP contribution in [-0.4, -0.2) is 21.9 Å². The van der Waals surface area contributed by atoms with Gasteiger partial charge in [0.2, 0.25) is 5.13 Å². The van der Waals surface area contributed by atoms with E-state index in [9.17, 15) is 0 Å². The fourth-order valence-electron chi connectivity index (χ4n) is 3.37. The molecule has 0 spiro atoms. The standard InChI is InChI=1S/C25H19N3OS/c1-29-21-14-12-18(13-15-21)22-16-28(27-24(22)20-10-6-3-7-11-20)25-26-23(17-30-25)19-8-4-2-5-9-19/h2-17H,1H3. The van der Waals surface area contributed by atoms with Gasteiger partial charge in [-0.1, -0.05) is 72.8 Å². The summed E-state index contributed by atoms with van der Waals surface area (Å²) in [5, 5.41) is 7.82. The van der Waals surface area contributed by atoms with Gasteiger partial charge in [0, 0.05) is 28.3 Å².